The summed E-state index contributed by atoms with van der Waals surface area (Å²) in [7, 11) is 0. The van der Waals surface area contributed by atoms with Crippen molar-refractivity contribution in [1.82, 2.24) is 24.3 Å². The summed E-state index contributed by atoms with van der Waals surface area (Å²) in [6, 6.07) is 24.0. The van der Waals surface area contributed by atoms with Crippen LogP contribution in [0.2, 0.25) is 0 Å². The zero-order valence-corrected chi connectivity index (χ0v) is 21.3. The molecule has 5 aromatic rings. The molecule has 37 heavy (non-hydrogen) atoms. The maximum Gasteiger partial charge on any atom is 0.226 e. The highest BCUT2D eigenvalue weighted by molar-refractivity contribution is 5.90. The number of hydrogen-bond donors (Lipinski definition) is 1. The van der Waals surface area contributed by atoms with Crippen molar-refractivity contribution >= 4 is 28.3 Å². The van der Waals surface area contributed by atoms with E-state index in [-0.39, 0.29) is 11.8 Å². The number of pyridine rings is 1. The van der Waals surface area contributed by atoms with Gasteiger partial charge in [0.05, 0.1) is 5.52 Å². The first-order valence-electron chi connectivity index (χ1n) is 12.9. The minimum absolute atomic E-state index is 0.128. The second-order valence-corrected chi connectivity index (χ2v) is 9.17. The molecule has 2 unspecified atom stereocenters. The molecule has 1 aliphatic carbocycles. The summed E-state index contributed by atoms with van der Waals surface area (Å²) in [5.41, 5.74) is 2.72. The van der Waals surface area contributed by atoms with Crippen molar-refractivity contribution in [2.75, 3.05) is 25.0 Å². The van der Waals surface area contributed by atoms with Crippen LogP contribution in [0, 0.1) is 11.8 Å². The highest BCUT2D eigenvalue weighted by Gasteiger charge is 2.44. The van der Waals surface area contributed by atoms with Gasteiger partial charge in [-0.2, -0.15) is 0 Å². The SMILES string of the molecule is CCN(CC)C(=O)C1CC1CNc1nc(-c2ccc3nccn3c2)nc2ccccc12.c1ccccc1. The first-order chi connectivity index (χ1) is 18.2. The van der Waals surface area contributed by atoms with Gasteiger partial charge in [0.25, 0.3) is 0 Å². The Labute approximate surface area is 217 Å². The highest BCUT2D eigenvalue weighted by Crippen LogP contribution is 2.40. The molecule has 1 N–H and O–H groups in total. The van der Waals surface area contributed by atoms with E-state index >= 15 is 0 Å². The van der Waals surface area contributed by atoms with Gasteiger partial charge in [-0.15, -0.1) is 0 Å². The number of anilines is 1. The van der Waals surface area contributed by atoms with Gasteiger partial charge in [0.15, 0.2) is 5.82 Å². The van der Waals surface area contributed by atoms with Gasteiger partial charge in [0.2, 0.25) is 5.91 Å². The van der Waals surface area contributed by atoms with Crippen molar-refractivity contribution in [2.45, 2.75) is 20.3 Å². The first-order valence-corrected chi connectivity index (χ1v) is 12.9. The monoisotopic (exact) mass is 492 g/mol. The molecule has 0 radical (unpaired) electrons. The van der Waals surface area contributed by atoms with E-state index in [0.717, 1.165) is 54.0 Å². The van der Waals surface area contributed by atoms with E-state index in [9.17, 15) is 4.79 Å². The Morgan fingerprint density at radius 1 is 0.973 bits per heavy atom. The molecule has 1 fully saturated rings. The van der Waals surface area contributed by atoms with Crippen molar-refractivity contribution in [3.8, 4) is 11.4 Å². The van der Waals surface area contributed by atoms with Crippen LogP contribution in [0.25, 0.3) is 27.9 Å². The Kier molecular flexibility index (Phi) is 7.40. The van der Waals surface area contributed by atoms with E-state index < -0.39 is 0 Å². The Bertz CT molecular complexity index is 1450. The van der Waals surface area contributed by atoms with Crippen LogP contribution in [0.3, 0.4) is 0 Å². The number of amides is 1. The molecule has 0 saturated heterocycles. The Morgan fingerprint density at radius 3 is 2.43 bits per heavy atom. The molecule has 1 saturated carbocycles. The van der Waals surface area contributed by atoms with E-state index in [1.54, 1.807) is 6.20 Å². The van der Waals surface area contributed by atoms with E-state index in [1.165, 1.54) is 0 Å². The predicted molar refractivity (Wildman–Crippen MR) is 148 cm³/mol. The van der Waals surface area contributed by atoms with Gasteiger partial charge in [-0.3, -0.25) is 4.79 Å². The van der Waals surface area contributed by atoms with Gasteiger partial charge in [-0.05, 0) is 50.5 Å². The number of para-hydroxylation sites is 1. The van der Waals surface area contributed by atoms with Crippen LogP contribution in [-0.4, -0.2) is 49.8 Å². The molecule has 1 aliphatic rings. The lowest BCUT2D eigenvalue weighted by Gasteiger charge is -2.18. The number of carbonyl (C=O) groups is 1. The molecule has 3 aromatic heterocycles. The van der Waals surface area contributed by atoms with Crippen LogP contribution in [0.1, 0.15) is 20.3 Å². The number of imidazole rings is 1. The summed E-state index contributed by atoms with van der Waals surface area (Å²) >= 11 is 0. The molecule has 188 valence electrons. The average molecular weight is 493 g/mol. The summed E-state index contributed by atoms with van der Waals surface area (Å²) in [6.45, 7) is 6.35. The van der Waals surface area contributed by atoms with Crippen molar-refractivity contribution in [3.63, 3.8) is 0 Å². The van der Waals surface area contributed by atoms with Crippen molar-refractivity contribution in [3.05, 3.63) is 91.4 Å². The van der Waals surface area contributed by atoms with E-state index in [4.69, 9.17) is 9.97 Å². The molecular weight excluding hydrogens is 460 g/mol. The van der Waals surface area contributed by atoms with E-state index in [1.807, 2.05) is 108 Å². The standard InChI is InChI=1S/C24H26N6O.C6H6/c1-3-29(4-2)24(31)19-13-17(19)14-26-23-18-7-5-6-8-20(18)27-22(28-23)16-9-10-21-25-11-12-30(21)15-16;1-2-4-6-5-3-1/h5-12,15,17,19H,3-4,13-14H2,1-2H3,(H,26,27,28);1-6H. The maximum atomic E-state index is 12.6. The molecule has 2 atom stereocenters. The molecular formula is C30H32N6O. The van der Waals surface area contributed by atoms with Gasteiger partial charge < -0.3 is 14.6 Å². The molecule has 7 heteroatoms. The minimum atomic E-state index is 0.128. The van der Waals surface area contributed by atoms with E-state index in [2.05, 4.69) is 10.3 Å². The van der Waals surface area contributed by atoms with Gasteiger partial charge in [-0.25, -0.2) is 15.0 Å². The largest absolute Gasteiger partial charge is 0.369 e. The lowest BCUT2D eigenvalue weighted by molar-refractivity contribution is -0.132. The second-order valence-electron chi connectivity index (χ2n) is 9.17. The Hall–Kier alpha value is -4.26. The molecule has 2 aromatic carbocycles. The molecule has 1 amide bonds. The zero-order valence-electron chi connectivity index (χ0n) is 21.3. The fourth-order valence-electron chi connectivity index (χ4n) is 4.55. The molecule has 6 rings (SSSR count). The van der Waals surface area contributed by atoms with Gasteiger partial charge in [0, 0.05) is 55.1 Å². The number of hydrogen-bond acceptors (Lipinski definition) is 5. The van der Waals surface area contributed by atoms with Crippen LogP contribution in [-0.2, 0) is 4.79 Å². The van der Waals surface area contributed by atoms with Crippen molar-refractivity contribution in [1.29, 1.82) is 0 Å². The summed E-state index contributed by atoms with van der Waals surface area (Å²) in [4.78, 5) is 28.4. The molecule has 0 bridgehead atoms. The van der Waals surface area contributed by atoms with Crippen LogP contribution in [0.5, 0.6) is 0 Å². The lowest BCUT2D eigenvalue weighted by atomic mass is 10.2. The minimum Gasteiger partial charge on any atom is -0.369 e. The van der Waals surface area contributed by atoms with Crippen molar-refractivity contribution < 1.29 is 4.79 Å². The third-order valence-electron chi connectivity index (χ3n) is 6.76. The zero-order chi connectivity index (χ0) is 25.6. The number of nitrogens with one attached hydrogen (secondary N) is 1. The fourth-order valence-corrected chi connectivity index (χ4v) is 4.55. The Balaban J connectivity index is 0.000000412. The van der Waals surface area contributed by atoms with Crippen molar-refractivity contribution in [2.24, 2.45) is 11.8 Å². The molecule has 3 heterocycles. The number of carbonyl (C=O) groups excluding carboxylic acids is 1. The normalized spacial score (nSPS) is 16.2. The lowest BCUT2D eigenvalue weighted by Crippen LogP contribution is -2.32. The second kappa shape index (κ2) is 11.2. The van der Waals surface area contributed by atoms with Gasteiger partial charge in [0.1, 0.15) is 11.5 Å². The number of rotatable bonds is 7. The van der Waals surface area contributed by atoms with E-state index in [0.29, 0.717) is 11.7 Å². The third kappa shape index (κ3) is 5.61. The number of aromatic nitrogens is 4. The first kappa shape index (κ1) is 24.4. The van der Waals surface area contributed by atoms with Crippen LogP contribution in [0.15, 0.2) is 91.4 Å². The van der Waals surface area contributed by atoms with Crippen LogP contribution in [0.4, 0.5) is 5.82 Å². The van der Waals surface area contributed by atoms with Crippen LogP contribution >= 0.6 is 0 Å². The highest BCUT2D eigenvalue weighted by atomic mass is 16.2. The molecule has 7 nitrogen and oxygen atoms in total. The Morgan fingerprint density at radius 2 is 1.70 bits per heavy atom. The number of fused-ring (bicyclic) bond motifs is 2. The third-order valence-corrected chi connectivity index (χ3v) is 6.76. The van der Waals surface area contributed by atoms with Gasteiger partial charge in [-0.1, -0.05) is 48.5 Å². The maximum absolute atomic E-state index is 12.6. The average Bonchev–Trinajstić information content (AvgIpc) is 3.58. The smallest absolute Gasteiger partial charge is 0.226 e. The molecule has 0 spiro atoms. The van der Waals surface area contributed by atoms with Gasteiger partial charge >= 0.3 is 0 Å². The summed E-state index contributed by atoms with van der Waals surface area (Å²) < 4.78 is 1.97. The predicted octanol–water partition coefficient (Wildman–Crippen LogP) is 5.55. The summed E-state index contributed by atoms with van der Waals surface area (Å²) in [5, 5.41) is 4.50. The quantitative estimate of drug-likeness (QED) is 0.323. The van der Waals surface area contributed by atoms with Crippen LogP contribution < -0.4 is 5.32 Å². The summed E-state index contributed by atoms with van der Waals surface area (Å²) in [5.74, 6) is 2.24. The number of benzene rings is 2. The molecule has 0 aliphatic heterocycles. The number of nitrogens with zero attached hydrogens (tertiary/aromatic N) is 5. The fraction of sp³-hybridized carbons (Fsp3) is 0.267. The summed E-state index contributed by atoms with van der Waals surface area (Å²) in [6.07, 6.45) is 6.63. The topological polar surface area (TPSA) is 75.4 Å².